The van der Waals surface area contributed by atoms with Crippen molar-refractivity contribution in [2.75, 3.05) is 5.32 Å². The molecule has 2 rings (SSSR count). The fourth-order valence-electron chi connectivity index (χ4n) is 2.27. The average molecular weight is 310 g/mol. The van der Waals surface area contributed by atoms with Crippen LogP contribution in [0.3, 0.4) is 0 Å². The molecule has 18 heavy (non-hydrogen) atoms. The fourth-order valence-corrected chi connectivity index (χ4v) is 2.67. The predicted octanol–water partition coefficient (Wildman–Crippen LogP) is 3.81. The first-order valence-electron chi connectivity index (χ1n) is 6.08. The predicted molar refractivity (Wildman–Crippen MR) is 75.7 cm³/mol. The highest BCUT2D eigenvalue weighted by atomic mass is 79.9. The van der Waals surface area contributed by atoms with Crippen LogP contribution in [0.15, 0.2) is 40.4 Å². The fraction of sp³-hybridized carbons (Fsp3) is 0.357. The van der Waals surface area contributed by atoms with Crippen molar-refractivity contribution < 1.29 is 9.90 Å². The Labute approximate surface area is 115 Å². The summed E-state index contributed by atoms with van der Waals surface area (Å²) >= 11 is 3.45. The van der Waals surface area contributed by atoms with Gasteiger partial charge in [-0.15, -0.1) is 0 Å². The summed E-state index contributed by atoms with van der Waals surface area (Å²) in [7, 11) is 0. The van der Waals surface area contributed by atoms with Crippen molar-refractivity contribution >= 4 is 27.6 Å². The third kappa shape index (κ3) is 3.88. The molecule has 1 saturated carbocycles. The number of anilines is 1. The Morgan fingerprint density at radius 1 is 1.39 bits per heavy atom. The molecule has 2 N–H and O–H groups in total. The largest absolute Gasteiger partial charge is 0.478 e. The summed E-state index contributed by atoms with van der Waals surface area (Å²) in [5.41, 5.74) is 2.16. The molecule has 0 aromatic heterocycles. The summed E-state index contributed by atoms with van der Waals surface area (Å²) in [5.74, 6) is -0.830. The first-order chi connectivity index (χ1) is 8.63. The van der Waals surface area contributed by atoms with Gasteiger partial charge in [0.25, 0.3) is 0 Å². The van der Waals surface area contributed by atoms with Gasteiger partial charge in [0, 0.05) is 22.3 Å². The number of hydrogen-bond donors (Lipinski definition) is 2. The zero-order valence-corrected chi connectivity index (χ0v) is 11.6. The van der Waals surface area contributed by atoms with Crippen LogP contribution < -0.4 is 5.32 Å². The molecule has 1 aromatic rings. The Balaban J connectivity index is 1.89. The van der Waals surface area contributed by atoms with E-state index in [1.807, 2.05) is 18.2 Å². The van der Waals surface area contributed by atoms with Crippen LogP contribution in [0.25, 0.3) is 0 Å². The summed E-state index contributed by atoms with van der Waals surface area (Å²) in [6, 6.07) is 8.55. The molecular formula is C14H16BrNO2. The Bertz CT molecular complexity index is 461. The lowest BCUT2D eigenvalue weighted by atomic mass is 9.90. The third-order valence-electron chi connectivity index (χ3n) is 3.15. The Morgan fingerprint density at radius 3 is 2.72 bits per heavy atom. The normalized spacial score (nSPS) is 19.4. The molecule has 1 aliphatic carbocycles. The molecule has 4 heteroatoms. The minimum atomic E-state index is -0.830. The van der Waals surface area contributed by atoms with Crippen molar-refractivity contribution in [3.8, 4) is 0 Å². The molecule has 0 atom stereocenters. The maximum atomic E-state index is 10.6. The Hall–Kier alpha value is -1.29. The monoisotopic (exact) mass is 309 g/mol. The van der Waals surface area contributed by atoms with Gasteiger partial charge in [-0.1, -0.05) is 27.6 Å². The maximum Gasteiger partial charge on any atom is 0.328 e. The van der Waals surface area contributed by atoms with Crippen LogP contribution in [0.2, 0.25) is 0 Å². The molecule has 0 unspecified atom stereocenters. The van der Waals surface area contributed by atoms with E-state index >= 15 is 0 Å². The molecular weight excluding hydrogens is 294 g/mol. The molecule has 1 fully saturated rings. The van der Waals surface area contributed by atoms with E-state index in [1.165, 1.54) is 6.08 Å². The zero-order chi connectivity index (χ0) is 13.0. The van der Waals surface area contributed by atoms with Gasteiger partial charge >= 0.3 is 5.97 Å². The Morgan fingerprint density at radius 2 is 2.11 bits per heavy atom. The van der Waals surface area contributed by atoms with E-state index in [0.717, 1.165) is 41.4 Å². The van der Waals surface area contributed by atoms with E-state index in [-0.39, 0.29) is 0 Å². The van der Waals surface area contributed by atoms with Crippen molar-refractivity contribution in [1.82, 2.24) is 0 Å². The van der Waals surface area contributed by atoms with Crippen LogP contribution in [0.4, 0.5) is 5.69 Å². The zero-order valence-electron chi connectivity index (χ0n) is 10.0. The summed E-state index contributed by atoms with van der Waals surface area (Å²) in [4.78, 5) is 10.6. The Kier molecular flexibility index (Phi) is 4.42. The first-order valence-corrected chi connectivity index (χ1v) is 6.87. The number of nitrogens with one attached hydrogen (secondary N) is 1. The first kappa shape index (κ1) is 13.1. The van der Waals surface area contributed by atoms with Crippen LogP contribution in [-0.2, 0) is 4.79 Å². The molecule has 0 aliphatic heterocycles. The molecule has 1 aliphatic rings. The summed E-state index contributed by atoms with van der Waals surface area (Å²) in [5, 5.41) is 12.2. The van der Waals surface area contributed by atoms with Gasteiger partial charge in [0.1, 0.15) is 0 Å². The summed E-state index contributed by atoms with van der Waals surface area (Å²) < 4.78 is 1.06. The minimum absolute atomic E-state index is 0.435. The van der Waals surface area contributed by atoms with E-state index < -0.39 is 5.97 Å². The smallest absolute Gasteiger partial charge is 0.328 e. The molecule has 96 valence electrons. The number of hydrogen-bond acceptors (Lipinski definition) is 2. The second-order valence-corrected chi connectivity index (χ2v) is 5.49. The average Bonchev–Trinajstić information content (AvgIpc) is 2.31. The molecule has 1 aromatic carbocycles. The van der Waals surface area contributed by atoms with Gasteiger partial charge < -0.3 is 10.4 Å². The standard InChI is InChI=1S/C14H16BrNO2/c15-11-2-1-3-13(9-11)16-12-6-4-10(5-7-12)8-14(17)18/h1-3,8-9,12,16H,4-7H2,(H,17,18). The van der Waals surface area contributed by atoms with Crippen molar-refractivity contribution in [2.24, 2.45) is 0 Å². The molecule has 3 nitrogen and oxygen atoms in total. The van der Waals surface area contributed by atoms with Gasteiger partial charge in [0.05, 0.1) is 0 Å². The number of aliphatic carboxylic acids is 1. The van der Waals surface area contributed by atoms with Crippen LogP contribution in [0.5, 0.6) is 0 Å². The lowest BCUT2D eigenvalue weighted by Gasteiger charge is -2.25. The second-order valence-electron chi connectivity index (χ2n) is 4.57. The number of carboxylic acids is 1. The lowest BCUT2D eigenvalue weighted by Crippen LogP contribution is -2.23. The van der Waals surface area contributed by atoms with Crippen molar-refractivity contribution in [3.05, 3.63) is 40.4 Å². The number of benzene rings is 1. The van der Waals surface area contributed by atoms with E-state index in [4.69, 9.17) is 5.11 Å². The highest BCUT2D eigenvalue weighted by molar-refractivity contribution is 9.10. The van der Waals surface area contributed by atoms with Gasteiger partial charge in [0.2, 0.25) is 0 Å². The highest BCUT2D eigenvalue weighted by Gasteiger charge is 2.16. The number of carbonyl (C=O) groups is 1. The van der Waals surface area contributed by atoms with Gasteiger partial charge in [0.15, 0.2) is 0 Å². The molecule has 0 heterocycles. The second kappa shape index (κ2) is 6.05. The molecule has 0 bridgehead atoms. The molecule has 0 spiro atoms. The van der Waals surface area contributed by atoms with E-state index in [9.17, 15) is 4.79 Å². The minimum Gasteiger partial charge on any atom is -0.478 e. The van der Waals surface area contributed by atoms with Crippen molar-refractivity contribution in [3.63, 3.8) is 0 Å². The summed E-state index contributed by atoms with van der Waals surface area (Å²) in [6.45, 7) is 0. The molecule has 0 radical (unpaired) electrons. The quantitative estimate of drug-likeness (QED) is 0.835. The maximum absolute atomic E-state index is 10.6. The van der Waals surface area contributed by atoms with Crippen LogP contribution >= 0.6 is 15.9 Å². The molecule has 0 amide bonds. The SMILES string of the molecule is O=C(O)C=C1CCC(Nc2cccc(Br)c2)CC1. The van der Waals surface area contributed by atoms with Crippen molar-refractivity contribution in [2.45, 2.75) is 31.7 Å². The number of halogens is 1. The van der Waals surface area contributed by atoms with Gasteiger partial charge in [-0.05, 0) is 43.9 Å². The third-order valence-corrected chi connectivity index (χ3v) is 3.64. The number of allylic oxidation sites excluding steroid dienone is 1. The summed E-state index contributed by atoms with van der Waals surface area (Å²) in [6.07, 6.45) is 5.09. The van der Waals surface area contributed by atoms with Gasteiger partial charge in [-0.25, -0.2) is 4.79 Å². The van der Waals surface area contributed by atoms with E-state index in [1.54, 1.807) is 0 Å². The van der Waals surface area contributed by atoms with Gasteiger partial charge in [-0.2, -0.15) is 0 Å². The van der Waals surface area contributed by atoms with Crippen LogP contribution in [-0.4, -0.2) is 17.1 Å². The lowest BCUT2D eigenvalue weighted by molar-refractivity contribution is -0.131. The molecule has 0 saturated heterocycles. The van der Waals surface area contributed by atoms with E-state index in [0.29, 0.717) is 6.04 Å². The van der Waals surface area contributed by atoms with Crippen LogP contribution in [0.1, 0.15) is 25.7 Å². The number of carboxylic acid groups (broad SMARTS) is 1. The number of rotatable bonds is 3. The van der Waals surface area contributed by atoms with Crippen molar-refractivity contribution in [1.29, 1.82) is 0 Å². The highest BCUT2D eigenvalue weighted by Crippen LogP contribution is 2.26. The van der Waals surface area contributed by atoms with Gasteiger partial charge in [-0.3, -0.25) is 0 Å². The van der Waals surface area contributed by atoms with Crippen LogP contribution in [0, 0.1) is 0 Å². The van der Waals surface area contributed by atoms with E-state index in [2.05, 4.69) is 27.3 Å². The topological polar surface area (TPSA) is 49.3 Å².